The van der Waals surface area contributed by atoms with Gasteiger partial charge in [-0.3, -0.25) is 0 Å². The van der Waals surface area contributed by atoms with E-state index in [0.717, 1.165) is 22.3 Å². The minimum Gasteiger partial charge on any atom is -0.418 e. The lowest BCUT2D eigenvalue weighted by atomic mass is 9.96. The quantitative estimate of drug-likeness (QED) is 0.121. The molecule has 0 unspecified atom stereocenters. The summed E-state index contributed by atoms with van der Waals surface area (Å²) in [4.78, 5) is 0. The molecule has 0 saturated heterocycles. The summed E-state index contributed by atoms with van der Waals surface area (Å²) in [5.74, 6) is 0.882. The van der Waals surface area contributed by atoms with Gasteiger partial charge in [0.05, 0.1) is 17.0 Å². The largest absolute Gasteiger partial charge is 0.673 e. The molecular weight excluding hydrogens is 403 g/mol. The third-order valence-electron chi connectivity index (χ3n) is 4.80. The molecule has 31 heavy (non-hydrogen) atoms. The Labute approximate surface area is 176 Å². The predicted octanol–water partition coefficient (Wildman–Crippen LogP) is 8.50. The van der Waals surface area contributed by atoms with Crippen molar-refractivity contribution in [1.82, 2.24) is 0 Å². The maximum atomic E-state index is 9.75. The number of hydrogen-bond donors (Lipinski definition) is 0. The molecule has 0 amide bonds. The van der Waals surface area contributed by atoms with Crippen molar-refractivity contribution < 1.29 is 21.7 Å². The molecule has 1 nitrogen and oxygen atoms in total. The van der Waals surface area contributed by atoms with Crippen molar-refractivity contribution in [1.29, 1.82) is 0 Å². The fourth-order valence-corrected chi connectivity index (χ4v) is 3.56. The molecule has 0 N–H and O–H groups in total. The molecule has 0 atom stereocenters. The van der Waals surface area contributed by atoms with Gasteiger partial charge in [-0.1, -0.05) is 72.8 Å². The highest BCUT2D eigenvalue weighted by Gasteiger charge is 2.22. The molecule has 0 spiro atoms. The molecule has 1 aromatic heterocycles. The highest BCUT2D eigenvalue weighted by atomic mass is 19.5. The Kier molecular flexibility index (Phi) is 5.71. The van der Waals surface area contributed by atoms with E-state index in [4.69, 9.17) is 4.42 Å². The first kappa shape index (κ1) is 20.6. The van der Waals surface area contributed by atoms with Crippen molar-refractivity contribution in [3.63, 3.8) is 0 Å². The second-order valence-electron chi connectivity index (χ2n) is 6.91. The number of hydrogen-bond acceptors (Lipinski definition) is 0. The Morgan fingerprint density at radius 3 is 1.77 bits per heavy atom. The first-order valence-electron chi connectivity index (χ1n) is 9.67. The molecule has 154 valence electrons. The van der Waals surface area contributed by atoms with E-state index in [-0.39, 0.29) is 0 Å². The van der Waals surface area contributed by atoms with Gasteiger partial charge in [0.15, 0.2) is 0 Å². The molecule has 0 aliphatic rings. The van der Waals surface area contributed by atoms with Crippen LogP contribution in [0.4, 0.5) is 17.3 Å². The first-order chi connectivity index (χ1) is 14.9. The van der Waals surface area contributed by atoms with Crippen LogP contribution in [0.15, 0.2) is 108 Å². The van der Waals surface area contributed by atoms with Gasteiger partial charge in [0, 0.05) is 11.6 Å². The Morgan fingerprint density at radius 2 is 1.13 bits per heavy atom. The summed E-state index contributed by atoms with van der Waals surface area (Å²) in [5, 5.41) is 3.60. The molecule has 0 radical (unpaired) electrons. The fourth-order valence-electron chi connectivity index (χ4n) is 3.56. The molecule has 6 heteroatoms. The second kappa shape index (κ2) is 8.60. The lowest BCUT2D eigenvalue weighted by molar-refractivity contribution is 0.368. The van der Waals surface area contributed by atoms with Crippen molar-refractivity contribution in [2.24, 2.45) is 0 Å². The average Bonchev–Trinajstić information content (AvgIpc) is 2.78. The van der Waals surface area contributed by atoms with E-state index in [1.54, 1.807) is 0 Å². The predicted molar refractivity (Wildman–Crippen MR) is 119 cm³/mol. The van der Waals surface area contributed by atoms with Crippen LogP contribution in [-0.2, 0) is 0 Å². The van der Waals surface area contributed by atoms with Crippen molar-refractivity contribution in [2.45, 2.75) is 0 Å². The topological polar surface area (TPSA) is 11.3 Å². The number of rotatable bonds is 2. The zero-order valence-electron chi connectivity index (χ0n) is 16.3. The highest BCUT2D eigenvalue weighted by molar-refractivity contribution is 6.50. The van der Waals surface area contributed by atoms with Crippen LogP contribution in [0.25, 0.3) is 44.2 Å². The van der Waals surface area contributed by atoms with Crippen molar-refractivity contribution in [2.75, 3.05) is 0 Å². The van der Waals surface area contributed by atoms with E-state index in [1.807, 2.05) is 18.2 Å². The van der Waals surface area contributed by atoms with E-state index in [2.05, 4.69) is 84.9 Å². The summed E-state index contributed by atoms with van der Waals surface area (Å²) >= 11 is 0. The lowest BCUT2D eigenvalue weighted by Crippen LogP contribution is -2.02. The summed E-state index contributed by atoms with van der Waals surface area (Å²) in [5.41, 5.74) is 4.38. The van der Waals surface area contributed by atoms with Gasteiger partial charge in [-0.15, -0.1) is 0 Å². The third kappa shape index (κ3) is 4.91. The zero-order chi connectivity index (χ0) is 21.8. The minimum atomic E-state index is -6.00. The van der Waals surface area contributed by atoms with Gasteiger partial charge < -0.3 is 17.3 Å². The van der Waals surface area contributed by atoms with E-state index >= 15 is 0 Å². The van der Waals surface area contributed by atoms with Crippen molar-refractivity contribution in [3.05, 3.63) is 103 Å². The molecule has 0 saturated carbocycles. The SMILES string of the molecule is F[B-](F)(F)F.c1ccc(-c2cc(-c3ccccc3)c3c(ccc4ccccc43)[o+]2)cc1. The maximum Gasteiger partial charge on any atom is 0.673 e. The van der Waals surface area contributed by atoms with E-state index in [9.17, 15) is 17.3 Å². The van der Waals surface area contributed by atoms with Gasteiger partial charge in [0.25, 0.3) is 0 Å². The molecule has 0 bridgehead atoms. The van der Waals surface area contributed by atoms with Gasteiger partial charge in [-0.05, 0) is 34.5 Å². The normalized spacial score (nSPS) is 11.2. The van der Waals surface area contributed by atoms with Crippen molar-refractivity contribution in [3.8, 4) is 22.5 Å². The van der Waals surface area contributed by atoms with E-state index in [0.29, 0.717) is 0 Å². The fraction of sp³-hybridized carbons (Fsp3) is 0. The Hall–Kier alpha value is -3.67. The molecule has 0 fully saturated rings. The molecule has 5 aromatic rings. The monoisotopic (exact) mass is 420 g/mol. The molecule has 5 rings (SSSR count). The van der Waals surface area contributed by atoms with Crippen LogP contribution >= 0.6 is 0 Å². The Morgan fingerprint density at radius 1 is 0.581 bits per heavy atom. The molecule has 1 heterocycles. The first-order valence-corrected chi connectivity index (χ1v) is 9.67. The van der Waals surface area contributed by atoms with Crippen LogP contribution in [0.5, 0.6) is 0 Å². The van der Waals surface area contributed by atoms with Gasteiger partial charge in [-0.2, -0.15) is 0 Å². The number of halogens is 4. The van der Waals surface area contributed by atoms with E-state index in [1.165, 1.54) is 21.9 Å². The number of fused-ring (bicyclic) bond motifs is 3. The van der Waals surface area contributed by atoms with Crippen LogP contribution < -0.4 is 0 Å². The van der Waals surface area contributed by atoms with Crippen LogP contribution in [-0.4, -0.2) is 7.25 Å². The van der Waals surface area contributed by atoms with E-state index < -0.39 is 7.25 Å². The Bertz CT molecular complexity index is 1310. The van der Waals surface area contributed by atoms with Crippen LogP contribution in [0.1, 0.15) is 0 Å². The summed E-state index contributed by atoms with van der Waals surface area (Å²) in [6.07, 6.45) is 0. The van der Waals surface area contributed by atoms with Crippen molar-refractivity contribution >= 4 is 29.0 Å². The molecule has 0 aliphatic carbocycles. The van der Waals surface area contributed by atoms with Gasteiger partial charge in [0.2, 0.25) is 0 Å². The molecule has 0 aliphatic heterocycles. The van der Waals surface area contributed by atoms with Gasteiger partial charge >= 0.3 is 18.6 Å². The highest BCUT2D eigenvalue weighted by Crippen LogP contribution is 2.38. The second-order valence-corrected chi connectivity index (χ2v) is 6.91. The minimum absolute atomic E-state index is 0.882. The van der Waals surface area contributed by atoms with Crippen LogP contribution in [0, 0.1) is 0 Å². The average molecular weight is 420 g/mol. The van der Waals surface area contributed by atoms with Crippen LogP contribution in [0.3, 0.4) is 0 Å². The Balaban J connectivity index is 0.000000418. The zero-order valence-corrected chi connectivity index (χ0v) is 16.3. The lowest BCUT2D eigenvalue weighted by Gasteiger charge is -2.06. The third-order valence-corrected chi connectivity index (χ3v) is 4.80. The van der Waals surface area contributed by atoms with Gasteiger partial charge in [-0.25, -0.2) is 4.42 Å². The van der Waals surface area contributed by atoms with Crippen LogP contribution in [0.2, 0.25) is 0 Å². The standard InChI is InChI=1S/C25H17O.BF4/c1-3-9-18(10-4-1)22-17-24(20-12-5-2-6-13-20)26-23-16-15-19-11-7-8-14-21(19)25(22)23;2-1(3,4)5/h1-17H;/q+1;-1. The smallest absolute Gasteiger partial charge is 0.418 e. The summed E-state index contributed by atoms with van der Waals surface area (Å²) < 4.78 is 45.3. The molecule has 4 aromatic carbocycles. The maximum absolute atomic E-state index is 9.75. The number of benzene rings is 4. The summed E-state index contributed by atoms with van der Waals surface area (Å²) in [7, 11) is -6.00. The summed E-state index contributed by atoms with van der Waals surface area (Å²) in [6, 6.07) is 35.7. The molecular formula is C25H17BF4O. The summed E-state index contributed by atoms with van der Waals surface area (Å²) in [6.45, 7) is 0. The van der Waals surface area contributed by atoms with Gasteiger partial charge in [0.1, 0.15) is 0 Å².